The fourth-order valence-electron chi connectivity index (χ4n) is 1.80. The molecule has 2 rings (SSSR count). The van der Waals surface area contributed by atoms with Crippen LogP contribution in [0.5, 0.6) is 0 Å². The molecule has 0 saturated heterocycles. The number of nitrogens with zero attached hydrogens (tertiary/aromatic N) is 2. The summed E-state index contributed by atoms with van der Waals surface area (Å²) in [5.41, 5.74) is 3.28. The summed E-state index contributed by atoms with van der Waals surface area (Å²) in [7, 11) is 0. The van der Waals surface area contributed by atoms with E-state index < -0.39 is 0 Å². The molecule has 17 heavy (non-hydrogen) atoms. The molecule has 3 heteroatoms. The van der Waals surface area contributed by atoms with Gasteiger partial charge in [0.15, 0.2) is 5.15 Å². The molecule has 0 aliphatic heterocycles. The van der Waals surface area contributed by atoms with E-state index in [2.05, 4.69) is 42.2 Å². The first kappa shape index (κ1) is 12.1. The Morgan fingerprint density at radius 2 is 1.94 bits per heavy atom. The third kappa shape index (κ3) is 3.27. The summed E-state index contributed by atoms with van der Waals surface area (Å²) in [4.78, 5) is 0. The highest BCUT2D eigenvalue weighted by atomic mass is 35.5. The van der Waals surface area contributed by atoms with Crippen molar-refractivity contribution >= 4 is 11.6 Å². The summed E-state index contributed by atoms with van der Waals surface area (Å²) in [6.45, 7) is 4.43. The molecule has 1 aromatic heterocycles. The predicted octanol–water partition coefficient (Wildman–Crippen LogP) is 4.00. The predicted molar refractivity (Wildman–Crippen MR) is 71.0 cm³/mol. The van der Waals surface area contributed by atoms with Crippen molar-refractivity contribution in [2.24, 2.45) is 5.92 Å². The summed E-state index contributed by atoms with van der Waals surface area (Å²) in [5.74, 6) is 0.654. The van der Waals surface area contributed by atoms with E-state index in [4.69, 9.17) is 11.6 Å². The molecule has 0 fully saturated rings. The van der Waals surface area contributed by atoms with Gasteiger partial charge in [0.2, 0.25) is 0 Å². The maximum atomic E-state index is 5.73. The van der Waals surface area contributed by atoms with E-state index in [-0.39, 0.29) is 0 Å². The van der Waals surface area contributed by atoms with E-state index >= 15 is 0 Å². The van der Waals surface area contributed by atoms with E-state index in [9.17, 15) is 0 Å². The summed E-state index contributed by atoms with van der Waals surface area (Å²) in [5, 5.41) is 8.37. The van der Waals surface area contributed by atoms with E-state index in [1.165, 1.54) is 5.56 Å². The maximum absolute atomic E-state index is 5.73. The van der Waals surface area contributed by atoms with Gasteiger partial charge in [-0.15, -0.1) is 10.2 Å². The molecule has 88 valence electrons. The maximum Gasteiger partial charge on any atom is 0.151 e. The molecule has 0 radical (unpaired) electrons. The highest BCUT2D eigenvalue weighted by Gasteiger charge is 2.03. The molecule has 0 bridgehead atoms. The first-order chi connectivity index (χ1) is 8.15. The summed E-state index contributed by atoms with van der Waals surface area (Å²) < 4.78 is 0. The molecule has 0 spiro atoms. The second kappa shape index (κ2) is 5.28. The molecule has 0 unspecified atom stereocenters. The zero-order chi connectivity index (χ0) is 12.3. The number of halogens is 1. The van der Waals surface area contributed by atoms with Crippen molar-refractivity contribution in [2.45, 2.75) is 20.3 Å². The van der Waals surface area contributed by atoms with Crippen molar-refractivity contribution < 1.29 is 0 Å². The van der Waals surface area contributed by atoms with Gasteiger partial charge in [-0.3, -0.25) is 0 Å². The minimum atomic E-state index is 0.423. The Bertz CT molecular complexity index is 492. The zero-order valence-corrected chi connectivity index (χ0v) is 10.8. The van der Waals surface area contributed by atoms with Gasteiger partial charge < -0.3 is 0 Å². The van der Waals surface area contributed by atoms with Crippen LogP contribution in [0.4, 0.5) is 0 Å². The molecule has 1 aromatic carbocycles. The van der Waals surface area contributed by atoms with Gasteiger partial charge in [-0.1, -0.05) is 43.6 Å². The second-order valence-electron chi connectivity index (χ2n) is 4.54. The fourth-order valence-corrected chi connectivity index (χ4v) is 1.90. The van der Waals surface area contributed by atoms with Crippen LogP contribution in [0.2, 0.25) is 5.15 Å². The number of hydrogen-bond acceptors (Lipinski definition) is 2. The molecular weight excluding hydrogens is 232 g/mol. The van der Waals surface area contributed by atoms with Gasteiger partial charge in [0, 0.05) is 5.56 Å². The van der Waals surface area contributed by atoms with Gasteiger partial charge in [0.25, 0.3) is 0 Å². The summed E-state index contributed by atoms with van der Waals surface area (Å²) in [6.07, 6.45) is 1.08. The molecule has 2 aromatic rings. The monoisotopic (exact) mass is 246 g/mol. The Balaban J connectivity index is 2.29. The lowest BCUT2D eigenvalue weighted by Gasteiger charge is -2.06. The first-order valence-corrected chi connectivity index (χ1v) is 6.11. The van der Waals surface area contributed by atoms with Crippen LogP contribution < -0.4 is 0 Å². The van der Waals surface area contributed by atoms with Gasteiger partial charge >= 0.3 is 0 Å². The fraction of sp³-hybridized carbons (Fsp3) is 0.286. The van der Waals surface area contributed by atoms with Crippen LogP contribution in [0.1, 0.15) is 19.4 Å². The van der Waals surface area contributed by atoms with E-state index in [1.807, 2.05) is 12.1 Å². The van der Waals surface area contributed by atoms with Crippen LogP contribution >= 0.6 is 11.6 Å². The lowest BCUT2D eigenvalue weighted by atomic mass is 10.00. The van der Waals surface area contributed by atoms with E-state index in [0.717, 1.165) is 17.7 Å². The molecule has 0 aliphatic rings. The quantitative estimate of drug-likeness (QED) is 0.818. The molecule has 0 saturated carbocycles. The van der Waals surface area contributed by atoms with Crippen LogP contribution in [0.3, 0.4) is 0 Å². The Morgan fingerprint density at radius 1 is 1.12 bits per heavy atom. The highest BCUT2D eigenvalue weighted by Crippen LogP contribution is 2.20. The van der Waals surface area contributed by atoms with Gasteiger partial charge in [0.1, 0.15) is 0 Å². The smallest absolute Gasteiger partial charge is 0.149 e. The molecule has 0 amide bonds. The van der Waals surface area contributed by atoms with Crippen molar-refractivity contribution in [2.75, 3.05) is 0 Å². The standard InChI is InChI=1S/C14H15ClN2/c1-10(2)8-11-4-3-5-12(9-11)13-6-7-14(15)17-16-13/h3-7,9-10H,8H2,1-2H3. The van der Waals surface area contributed by atoms with Crippen LogP contribution in [-0.4, -0.2) is 10.2 Å². The SMILES string of the molecule is CC(C)Cc1cccc(-c2ccc(Cl)nn2)c1. The third-order valence-corrected chi connectivity index (χ3v) is 2.70. The minimum absolute atomic E-state index is 0.423. The van der Waals surface area contributed by atoms with Crippen molar-refractivity contribution in [1.82, 2.24) is 10.2 Å². The first-order valence-electron chi connectivity index (χ1n) is 5.73. The Hall–Kier alpha value is -1.41. The Kier molecular flexibility index (Phi) is 3.75. The van der Waals surface area contributed by atoms with Crippen molar-refractivity contribution in [3.05, 3.63) is 47.1 Å². The van der Waals surface area contributed by atoms with Crippen molar-refractivity contribution in [3.8, 4) is 11.3 Å². The number of rotatable bonds is 3. The van der Waals surface area contributed by atoms with Crippen LogP contribution in [0, 0.1) is 5.92 Å². The molecule has 0 atom stereocenters. The number of aromatic nitrogens is 2. The molecule has 0 N–H and O–H groups in total. The minimum Gasteiger partial charge on any atom is -0.149 e. The van der Waals surface area contributed by atoms with Crippen LogP contribution in [0.25, 0.3) is 11.3 Å². The van der Waals surface area contributed by atoms with E-state index in [0.29, 0.717) is 11.1 Å². The van der Waals surface area contributed by atoms with Crippen molar-refractivity contribution in [3.63, 3.8) is 0 Å². The lowest BCUT2D eigenvalue weighted by molar-refractivity contribution is 0.647. The second-order valence-corrected chi connectivity index (χ2v) is 4.93. The third-order valence-electron chi connectivity index (χ3n) is 2.50. The van der Waals surface area contributed by atoms with Crippen LogP contribution in [-0.2, 0) is 6.42 Å². The van der Waals surface area contributed by atoms with Gasteiger partial charge in [-0.25, -0.2) is 0 Å². The zero-order valence-electron chi connectivity index (χ0n) is 10.0. The summed E-state index contributed by atoms with van der Waals surface area (Å²) >= 11 is 5.73. The Morgan fingerprint density at radius 3 is 2.59 bits per heavy atom. The number of benzene rings is 1. The molecular formula is C14H15ClN2. The topological polar surface area (TPSA) is 25.8 Å². The molecule has 0 aliphatic carbocycles. The van der Waals surface area contributed by atoms with Crippen LogP contribution in [0.15, 0.2) is 36.4 Å². The lowest BCUT2D eigenvalue weighted by Crippen LogP contribution is -1.94. The molecule has 1 heterocycles. The van der Waals surface area contributed by atoms with E-state index in [1.54, 1.807) is 6.07 Å². The van der Waals surface area contributed by atoms with Gasteiger partial charge in [-0.2, -0.15) is 0 Å². The average molecular weight is 247 g/mol. The highest BCUT2D eigenvalue weighted by molar-refractivity contribution is 6.29. The van der Waals surface area contributed by atoms with Crippen molar-refractivity contribution in [1.29, 1.82) is 0 Å². The van der Waals surface area contributed by atoms with Gasteiger partial charge in [-0.05, 0) is 36.1 Å². The molecule has 2 nitrogen and oxygen atoms in total. The largest absolute Gasteiger partial charge is 0.151 e. The normalized spacial score (nSPS) is 10.8. The summed E-state index contributed by atoms with van der Waals surface area (Å²) in [6, 6.07) is 12.1. The average Bonchev–Trinajstić information content (AvgIpc) is 2.29. The number of hydrogen-bond donors (Lipinski definition) is 0. The van der Waals surface area contributed by atoms with Gasteiger partial charge in [0.05, 0.1) is 5.69 Å². The Labute approximate surface area is 107 Å².